The average Bonchev–Trinajstić information content (AvgIpc) is 3.42. The van der Waals surface area contributed by atoms with E-state index in [1.807, 2.05) is 33.8 Å². The molecule has 2 aliphatic heterocycles. The third-order valence-electron chi connectivity index (χ3n) is 5.79. The second kappa shape index (κ2) is 8.76. The molecule has 31 heavy (non-hydrogen) atoms. The number of hydrogen-bond acceptors (Lipinski definition) is 6. The molecule has 162 valence electrons. The lowest BCUT2D eigenvalue weighted by atomic mass is 10.2. The Bertz CT molecular complexity index is 1070. The second-order valence-corrected chi connectivity index (χ2v) is 9.01. The molecule has 3 aromatic rings. The molecule has 9 heteroatoms. The number of nitrogens with zero attached hydrogens (tertiary/aromatic N) is 5. The molecule has 0 radical (unpaired) electrons. The van der Waals surface area contributed by atoms with E-state index in [2.05, 4.69) is 16.1 Å². The molecule has 8 nitrogen and oxygen atoms in total. The van der Waals surface area contributed by atoms with E-state index in [0.29, 0.717) is 58.1 Å². The number of aryl methyl sites for hydroxylation is 1. The highest BCUT2D eigenvalue weighted by Gasteiger charge is 2.26. The average molecular weight is 440 g/mol. The van der Waals surface area contributed by atoms with Gasteiger partial charge < -0.3 is 14.5 Å². The van der Waals surface area contributed by atoms with Crippen molar-refractivity contribution in [1.29, 1.82) is 0 Å². The lowest BCUT2D eigenvalue weighted by Gasteiger charge is -2.27. The Balaban J connectivity index is 1.16. The molecule has 1 saturated heterocycles. The molecule has 0 saturated carbocycles. The third-order valence-corrected chi connectivity index (χ3v) is 6.88. The van der Waals surface area contributed by atoms with Crippen LogP contribution in [0.4, 0.5) is 0 Å². The van der Waals surface area contributed by atoms with E-state index in [0.717, 1.165) is 29.1 Å². The van der Waals surface area contributed by atoms with Gasteiger partial charge in [-0.05, 0) is 31.0 Å². The molecule has 2 aromatic heterocycles. The van der Waals surface area contributed by atoms with Crippen LogP contribution in [-0.4, -0.2) is 69.2 Å². The highest BCUT2D eigenvalue weighted by Crippen LogP contribution is 2.23. The Kier molecular flexibility index (Phi) is 5.69. The number of amides is 2. The number of hydrogen-bond donors (Lipinski definition) is 0. The van der Waals surface area contributed by atoms with Gasteiger partial charge in [0.15, 0.2) is 5.69 Å². The Morgan fingerprint density at radius 2 is 1.90 bits per heavy atom. The van der Waals surface area contributed by atoms with E-state index in [-0.39, 0.29) is 11.8 Å². The van der Waals surface area contributed by atoms with Gasteiger partial charge >= 0.3 is 0 Å². The zero-order chi connectivity index (χ0) is 21.2. The molecule has 1 aromatic carbocycles. The normalized spacial score (nSPS) is 16.5. The quantitative estimate of drug-likeness (QED) is 0.610. The number of thiazole rings is 1. The maximum Gasteiger partial charge on any atom is 0.274 e. The summed E-state index contributed by atoms with van der Waals surface area (Å²) in [4.78, 5) is 33.7. The minimum Gasteiger partial charge on any atom is -0.378 e. The van der Waals surface area contributed by atoms with E-state index >= 15 is 0 Å². The zero-order valence-corrected chi connectivity index (χ0v) is 18.1. The van der Waals surface area contributed by atoms with Gasteiger partial charge in [-0.3, -0.25) is 14.3 Å². The summed E-state index contributed by atoms with van der Waals surface area (Å²) >= 11 is 1.70. The summed E-state index contributed by atoms with van der Waals surface area (Å²) in [6.45, 7) is 4.08. The first-order valence-electron chi connectivity index (χ1n) is 10.7. The first-order chi connectivity index (χ1) is 15.2. The summed E-state index contributed by atoms with van der Waals surface area (Å²) in [7, 11) is 0. The summed E-state index contributed by atoms with van der Waals surface area (Å²) in [5.41, 5.74) is 2.41. The van der Waals surface area contributed by atoms with Crippen molar-refractivity contribution in [3.05, 3.63) is 46.7 Å². The first-order valence-corrected chi connectivity index (χ1v) is 11.5. The van der Waals surface area contributed by atoms with Crippen molar-refractivity contribution >= 4 is 33.4 Å². The fourth-order valence-electron chi connectivity index (χ4n) is 4.09. The van der Waals surface area contributed by atoms with E-state index in [9.17, 15) is 9.59 Å². The minimum atomic E-state index is -0.0566. The topological polar surface area (TPSA) is 80.6 Å². The summed E-state index contributed by atoms with van der Waals surface area (Å²) < 4.78 is 8.37. The van der Waals surface area contributed by atoms with Crippen LogP contribution in [0.1, 0.15) is 34.0 Å². The molecule has 0 spiro atoms. The summed E-state index contributed by atoms with van der Waals surface area (Å²) in [5.74, 6) is 0.0912. The van der Waals surface area contributed by atoms with Gasteiger partial charge in [0.1, 0.15) is 0 Å². The molecule has 0 N–H and O–H groups in total. The fourth-order valence-corrected chi connectivity index (χ4v) is 5.10. The van der Waals surface area contributed by atoms with Gasteiger partial charge in [0.05, 0.1) is 47.2 Å². The van der Waals surface area contributed by atoms with E-state index in [4.69, 9.17) is 4.74 Å². The van der Waals surface area contributed by atoms with Crippen LogP contribution in [0, 0.1) is 0 Å². The molecule has 1 fully saturated rings. The number of fused-ring (bicyclic) bond motifs is 2. The van der Waals surface area contributed by atoms with Gasteiger partial charge in [0.25, 0.3) is 5.91 Å². The standard InChI is InChI=1S/C22H25N5O3S/c28-21(7-3-6-20-23-17-4-1-2-5-19(17)31-20)26-8-9-27-16(15-26)14-18(24-27)22(29)25-10-12-30-13-11-25/h1-2,4-5,14H,3,6-13,15H2. The monoisotopic (exact) mass is 439 g/mol. The van der Waals surface area contributed by atoms with Crippen LogP contribution in [0.2, 0.25) is 0 Å². The molecule has 0 unspecified atom stereocenters. The van der Waals surface area contributed by atoms with Crippen LogP contribution in [0.25, 0.3) is 10.2 Å². The highest BCUT2D eigenvalue weighted by molar-refractivity contribution is 7.18. The lowest BCUT2D eigenvalue weighted by Crippen LogP contribution is -2.41. The predicted molar refractivity (Wildman–Crippen MR) is 117 cm³/mol. The van der Waals surface area contributed by atoms with Crippen molar-refractivity contribution in [3.63, 3.8) is 0 Å². The van der Waals surface area contributed by atoms with Crippen LogP contribution < -0.4 is 0 Å². The Morgan fingerprint density at radius 1 is 1.06 bits per heavy atom. The highest BCUT2D eigenvalue weighted by atomic mass is 32.1. The summed E-state index contributed by atoms with van der Waals surface area (Å²) in [5, 5.41) is 5.56. The van der Waals surface area contributed by atoms with Crippen molar-refractivity contribution in [2.75, 3.05) is 32.8 Å². The molecule has 0 aliphatic carbocycles. The third kappa shape index (κ3) is 4.33. The first kappa shape index (κ1) is 20.1. The SMILES string of the molecule is O=C(CCCc1nc2ccccc2s1)N1CCn2nc(C(=O)N3CCOCC3)cc2C1. The number of morpholine rings is 1. The maximum absolute atomic E-state index is 12.7. The lowest BCUT2D eigenvalue weighted by molar-refractivity contribution is -0.132. The number of para-hydroxylation sites is 1. The minimum absolute atomic E-state index is 0.0566. The number of carbonyl (C=O) groups is 2. The molecular formula is C22H25N5O3S. The smallest absolute Gasteiger partial charge is 0.274 e. The van der Waals surface area contributed by atoms with Crippen LogP contribution in [0.5, 0.6) is 0 Å². The van der Waals surface area contributed by atoms with Crippen molar-refractivity contribution in [2.24, 2.45) is 0 Å². The molecule has 5 rings (SSSR count). The Morgan fingerprint density at radius 3 is 2.74 bits per heavy atom. The number of rotatable bonds is 5. The largest absolute Gasteiger partial charge is 0.378 e. The molecule has 0 atom stereocenters. The second-order valence-electron chi connectivity index (χ2n) is 7.89. The number of ether oxygens (including phenoxy) is 1. The van der Waals surface area contributed by atoms with E-state index in [1.54, 1.807) is 16.2 Å². The van der Waals surface area contributed by atoms with Gasteiger partial charge in [0, 0.05) is 26.1 Å². The zero-order valence-electron chi connectivity index (χ0n) is 17.3. The van der Waals surface area contributed by atoms with Crippen LogP contribution in [0.15, 0.2) is 30.3 Å². The number of carbonyl (C=O) groups excluding carboxylic acids is 2. The van der Waals surface area contributed by atoms with Crippen LogP contribution in [-0.2, 0) is 29.0 Å². The van der Waals surface area contributed by atoms with Crippen molar-refractivity contribution in [3.8, 4) is 0 Å². The van der Waals surface area contributed by atoms with Gasteiger partial charge in [-0.1, -0.05) is 12.1 Å². The molecule has 2 amide bonds. The number of aromatic nitrogens is 3. The molecule has 2 aliphatic rings. The van der Waals surface area contributed by atoms with E-state index in [1.165, 1.54) is 4.70 Å². The summed E-state index contributed by atoms with van der Waals surface area (Å²) in [6.07, 6.45) is 2.11. The van der Waals surface area contributed by atoms with E-state index < -0.39 is 0 Å². The summed E-state index contributed by atoms with van der Waals surface area (Å²) in [6, 6.07) is 9.95. The fraction of sp³-hybridized carbons (Fsp3) is 0.455. The van der Waals surface area contributed by atoms with Crippen molar-refractivity contribution in [1.82, 2.24) is 24.6 Å². The molecule has 0 bridgehead atoms. The van der Waals surface area contributed by atoms with Crippen molar-refractivity contribution < 1.29 is 14.3 Å². The van der Waals surface area contributed by atoms with Crippen molar-refractivity contribution in [2.45, 2.75) is 32.4 Å². The Labute approximate surface area is 184 Å². The molecular weight excluding hydrogens is 414 g/mol. The maximum atomic E-state index is 12.7. The van der Waals surface area contributed by atoms with Gasteiger partial charge in [-0.25, -0.2) is 4.98 Å². The van der Waals surface area contributed by atoms with Gasteiger partial charge in [-0.2, -0.15) is 5.10 Å². The van der Waals surface area contributed by atoms with Gasteiger partial charge in [0.2, 0.25) is 5.91 Å². The molecule has 4 heterocycles. The Hall–Kier alpha value is -2.78. The number of benzene rings is 1. The van der Waals surface area contributed by atoms with Crippen LogP contribution >= 0.6 is 11.3 Å². The van der Waals surface area contributed by atoms with Crippen LogP contribution in [0.3, 0.4) is 0 Å². The van der Waals surface area contributed by atoms with Gasteiger partial charge in [-0.15, -0.1) is 11.3 Å². The predicted octanol–water partition coefficient (Wildman–Crippen LogP) is 2.33.